The Morgan fingerprint density at radius 3 is 2.25 bits per heavy atom. The number of phenols is 1. The lowest BCUT2D eigenvalue weighted by molar-refractivity contribution is -0.155. The third-order valence-electron chi connectivity index (χ3n) is 6.49. The molecule has 1 aliphatic carbocycles. The zero-order valence-corrected chi connectivity index (χ0v) is 19.4. The van der Waals surface area contributed by atoms with Crippen LogP contribution in [0.1, 0.15) is 19.4 Å². The summed E-state index contributed by atoms with van der Waals surface area (Å²) in [5.41, 5.74) is 0.545. The van der Waals surface area contributed by atoms with Gasteiger partial charge in [0.1, 0.15) is 55.6 Å². The zero-order chi connectivity index (χ0) is 26.3. The predicted octanol–water partition coefficient (Wildman–Crippen LogP) is -2.47. The first-order chi connectivity index (χ1) is 17.0. The van der Waals surface area contributed by atoms with Crippen LogP contribution >= 0.6 is 0 Å². The number of Topliss-reactive ketones (excluding diaryl/α,β-unsaturated/α-hetero) is 1. The number of carbonyl (C=O) groups is 2. The number of amides is 1. The van der Waals surface area contributed by atoms with Crippen LogP contribution in [-0.4, -0.2) is 110 Å². The number of nitrogens with one attached hydrogen (secondary N) is 1. The van der Waals surface area contributed by atoms with E-state index >= 15 is 0 Å². The fraction of sp³-hybridized carbons (Fsp3) is 0.565. The quantitative estimate of drug-likeness (QED) is 0.199. The van der Waals surface area contributed by atoms with Gasteiger partial charge in [0.25, 0.3) is 0 Å². The molecule has 2 heterocycles. The number of ketones is 1. The number of hydrogen-bond acceptors (Lipinski definition) is 12. The van der Waals surface area contributed by atoms with Crippen LogP contribution in [0.3, 0.4) is 0 Å². The van der Waals surface area contributed by atoms with E-state index in [1.165, 1.54) is 38.1 Å². The molecule has 1 amide bonds. The molecule has 198 valence electrons. The van der Waals surface area contributed by atoms with Crippen LogP contribution in [0.2, 0.25) is 0 Å². The normalized spacial score (nSPS) is 38.5. The highest BCUT2D eigenvalue weighted by Crippen LogP contribution is 2.33. The Bertz CT molecular complexity index is 1030. The van der Waals surface area contributed by atoms with Crippen molar-refractivity contribution in [3.63, 3.8) is 0 Å². The zero-order valence-electron chi connectivity index (χ0n) is 19.4. The van der Waals surface area contributed by atoms with Crippen LogP contribution in [0, 0.1) is 0 Å². The second-order valence-electron chi connectivity index (χ2n) is 9.04. The van der Waals surface area contributed by atoms with E-state index in [0.29, 0.717) is 5.56 Å². The van der Waals surface area contributed by atoms with Crippen LogP contribution in [0.15, 0.2) is 23.8 Å². The van der Waals surface area contributed by atoms with E-state index in [0.717, 1.165) is 0 Å². The average molecular weight is 511 g/mol. The van der Waals surface area contributed by atoms with Gasteiger partial charge in [-0.3, -0.25) is 9.59 Å². The van der Waals surface area contributed by atoms with E-state index in [2.05, 4.69) is 5.32 Å². The first kappa shape index (κ1) is 26.4. The summed E-state index contributed by atoms with van der Waals surface area (Å²) in [4.78, 5) is 24.2. The van der Waals surface area contributed by atoms with Crippen molar-refractivity contribution in [1.29, 1.82) is 0 Å². The lowest BCUT2D eigenvalue weighted by atomic mass is 9.83. The highest BCUT2D eigenvalue weighted by Gasteiger charge is 2.53. The molecule has 13 nitrogen and oxygen atoms in total. The minimum atomic E-state index is -1.51. The topological polar surface area (TPSA) is 204 Å². The van der Waals surface area contributed by atoms with Gasteiger partial charge in [-0.2, -0.15) is 0 Å². The first-order valence-corrected chi connectivity index (χ1v) is 11.3. The Labute approximate surface area is 205 Å². The molecule has 10 atom stereocenters. The first-order valence-electron chi connectivity index (χ1n) is 11.3. The van der Waals surface area contributed by atoms with Crippen molar-refractivity contribution in [3.05, 3.63) is 29.3 Å². The summed E-state index contributed by atoms with van der Waals surface area (Å²) in [5, 5.41) is 63.9. The molecule has 36 heavy (non-hydrogen) atoms. The van der Waals surface area contributed by atoms with Crippen LogP contribution in [-0.2, 0) is 23.8 Å². The predicted molar refractivity (Wildman–Crippen MR) is 118 cm³/mol. The summed E-state index contributed by atoms with van der Waals surface area (Å²) >= 11 is 0. The summed E-state index contributed by atoms with van der Waals surface area (Å²) in [5.74, 6) is -1.59. The minimum absolute atomic E-state index is 0.0921. The SMILES string of the molecule is CC(=O)C1OC(Oc2ccc(/C=C(\C)C(=O)NC3C(O)C(O)C4OCOC4C3O)cc2O)C(O)C1O. The van der Waals surface area contributed by atoms with Gasteiger partial charge in [0.2, 0.25) is 12.2 Å². The van der Waals surface area contributed by atoms with Gasteiger partial charge in [-0.1, -0.05) is 6.07 Å². The molecule has 0 spiro atoms. The molecule has 7 N–H and O–H groups in total. The van der Waals surface area contributed by atoms with E-state index in [4.69, 9.17) is 18.9 Å². The number of phenolic OH excluding ortho intramolecular Hbond substituents is 1. The standard InChI is InChI=1S/C23H29NO12/c1-8(22(32)24-13-14(27)16(29)21-20(15(13)28)33-7-34-21)5-10-3-4-12(11(26)6-10)35-23-18(31)17(30)19(36-23)9(2)25/h3-6,13-21,23,26-31H,7H2,1-2H3,(H,24,32)/b8-5+. The summed E-state index contributed by atoms with van der Waals surface area (Å²) in [6, 6.07) is 2.90. The van der Waals surface area contributed by atoms with Crippen LogP contribution < -0.4 is 10.1 Å². The van der Waals surface area contributed by atoms with Crippen molar-refractivity contribution >= 4 is 17.8 Å². The second-order valence-corrected chi connectivity index (χ2v) is 9.04. The monoisotopic (exact) mass is 511 g/mol. The molecule has 1 aromatic rings. The van der Waals surface area contributed by atoms with Gasteiger partial charge in [-0.15, -0.1) is 0 Å². The molecule has 0 radical (unpaired) electrons. The Balaban J connectivity index is 1.41. The Kier molecular flexibility index (Phi) is 7.64. The van der Waals surface area contributed by atoms with E-state index < -0.39 is 72.9 Å². The van der Waals surface area contributed by atoms with E-state index in [1.807, 2.05) is 0 Å². The highest BCUT2D eigenvalue weighted by molar-refractivity contribution is 5.97. The van der Waals surface area contributed by atoms with Crippen molar-refractivity contribution < 1.29 is 59.2 Å². The maximum absolute atomic E-state index is 12.7. The highest BCUT2D eigenvalue weighted by atomic mass is 16.7. The molecule has 0 bridgehead atoms. The second kappa shape index (κ2) is 10.4. The Morgan fingerprint density at radius 1 is 0.972 bits per heavy atom. The van der Waals surface area contributed by atoms with Crippen LogP contribution in [0.4, 0.5) is 0 Å². The lowest BCUT2D eigenvalue weighted by Crippen LogP contribution is -2.67. The number of hydrogen-bond donors (Lipinski definition) is 7. The number of aliphatic hydroxyl groups is 5. The fourth-order valence-corrected chi connectivity index (χ4v) is 4.46. The van der Waals surface area contributed by atoms with Gasteiger partial charge in [0.05, 0.1) is 6.04 Å². The Hall–Kier alpha value is -2.62. The molecule has 2 saturated heterocycles. The summed E-state index contributed by atoms with van der Waals surface area (Å²) in [6.07, 6.45) is -10.2. The number of rotatable bonds is 6. The maximum Gasteiger partial charge on any atom is 0.247 e. The number of fused-ring (bicyclic) bond motifs is 1. The molecule has 1 aromatic carbocycles. The van der Waals surface area contributed by atoms with Gasteiger partial charge >= 0.3 is 0 Å². The Morgan fingerprint density at radius 2 is 1.64 bits per heavy atom. The minimum Gasteiger partial charge on any atom is -0.504 e. The van der Waals surface area contributed by atoms with Gasteiger partial charge in [0.15, 0.2) is 17.3 Å². The van der Waals surface area contributed by atoms with E-state index in [-0.39, 0.29) is 23.9 Å². The van der Waals surface area contributed by atoms with Gasteiger partial charge in [-0.05, 0) is 37.6 Å². The number of aromatic hydroxyl groups is 1. The number of aliphatic hydroxyl groups excluding tert-OH is 5. The molecule has 3 fully saturated rings. The van der Waals surface area contributed by atoms with Crippen LogP contribution in [0.5, 0.6) is 11.5 Å². The molecule has 2 aliphatic heterocycles. The fourth-order valence-electron chi connectivity index (χ4n) is 4.46. The number of ether oxygens (including phenoxy) is 4. The molecule has 4 rings (SSSR count). The van der Waals surface area contributed by atoms with E-state index in [1.54, 1.807) is 0 Å². The molecule has 1 saturated carbocycles. The van der Waals surface area contributed by atoms with Gasteiger partial charge in [-0.25, -0.2) is 0 Å². The van der Waals surface area contributed by atoms with Gasteiger partial charge < -0.3 is 54.9 Å². The average Bonchev–Trinajstić information content (AvgIpc) is 3.43. The molecule has 0 aromatic heterocycles. The maximum atomic E-state index is 12.7. The number of benzene rings is 1. The van der Waals surface area contributed by atoms with Crippen molar-refractivity contribution in [2.45, 2.75) is 75.0 Å². The van der Waals surface area contributed by atoms with E-state index in [9.17, 15) is 40.2 Å². The summed E-state index contributed by atoms with van der Waals surface area (Å²) in [7, 11) is 0. The van der Waals surface area contributed by atoms with Crippen LogP contribution in [0.25, 0.3) is 6.08 Å². The van der Waals surface area contributed by atoms with Crippen molar-refractivity contribution in [1.82, 2.24) is 5.32 Å². The van der Waals surface area contributed by atoms with Crippen molar-refractivity contribution in [2.75, 3.05) is 6.79 Å². The van der Waals surface area contributed by atoms with Crippen molar-refractivity contribution in [2.24, 2.45) is 0 Å². The van der Waals surface area contributed by atoms with Gasteiger partial charge in [0, 0.05) is 5.57 Å². The summed E-state index contributed by atoms with van der Waals surface area (Å²) < 4.78 is 21.1. The lowest BCUT2D eigenvalue weighted by Gasteiger charge is -2.41. The molecular weight excluding hydrogens is 482 g/mol. The summed E-state index contributed by atoms with van der Waals surface area (Å²) in [6.45, 7) is 2.52. The molecule has 13 heteroatoms. The van der Waals surface area contributed by atoms with Crippen molar-refractivity contribution in [3.8, 4) is 11.5 Å². The molecule has 10 unspecified atom stereocenters. The largest absolute Gasteiger partial charge is 0.504 e. The molecular formula is C23H29NO12. The number of carbonyl (C=O) groups excluding carboxylic acids is 2. The third-order valence-corrected chi connectivity index (χ3v) is 6.49. The molecule has 3 aliphatic rings. The third kappa shape index (κ3) is 4.96. The smallest absolute Gasteiger partial charge is 0.247 e.